The summed E-state index contributed by atoms with van der Waals surface area (Å²) < 4.78 is 1.03. The maximum absolute atomic E-state index is 10.4. The molecular formula is C13H12BrClOS. The fourth-order valence-corrected chi connectivity index (χ4v) is 3.73. The summed E-state index contributed by atoms with van der Waals surface area (Å²) in [7, 11) is 0. The van der Waals surface area contributed by atoms with Gasteiger partial charge in [0, 0.05) is 9.90 Å². The van der Waals surface area contributed by atoms with Crippen molar-refractivity contribution in [2.75, 3.05) is 0 Å². The highest BCUT2D eigenvalue weighted by Gasteiger charge is 2.17. The molecule has 1 atom stereocenters. The monoisotopic (exact) mass is 330 g/mol. The average Bonchev–Trinajstić information content (AvgIpc) is 2.60. The molecule has 90 valence electrons. The molecule has 0 amide bonds. The van der Waals surface area contributed by atoms with Crippen molar-refractivity contribution < 1.29 is 5.11 Å². The summed E-state index contributed by atoms with van der Waals surface area (Å²) in [5, 5.41) is 11.1. The van der Waals surface area contributed by atoms with Crippen molar-refractivity contribution in [1.29, 1.82) is 0 Å². The molecule has 17 heavy (non-hydrogen) atoms. The number of aliphatic hydroxyl groups is 1. The number of aryl methyl sites for hydroxylation is 2. The van der Waals surface area contributed by atoms with Crippen LogP contribution in [0, 0.1) is 13.8 Å². The summed E-state index contributed by atoms with van der Waals surface area (Å²) in [6.07, 6.45) is -0.615. The van der Waals surface area contributed by atoms with Crippen LogP contribution in [0.4, 0.5) is 0 Å². The fraction of sp³-hybridized carbons (Fsp3) is 0.231. The van der Waals surface area contributed by atoms with E-state index in [4.69, 9.17) is 11.6 Å². The maximum Gasteiger partial charge on any atom is 0.105 e. The van der Waals surface area contributed by atoms with E-state index in [2.05, 4.69) is 15.9 Å². The third kappa shape index (κ3) is 2.74. The minimum Gasteiger partial charge on any atom is -0.384 e. The standard InChI is InChI=1S/C13H12BrClOS/c1-7-3-4-9(15)5-10(7)13(16)11-6-12(14)17-8(11)2/h3-6,13,16H,1-2H3. The van der Waals surface area contributed by atoms with Gasteiger partial charge in [-0.25, -0.2) is 0 Å². The van der Waals surface area contributed by atoms with E-state index in [0.29, 0.717) is 5.02 Å². The number of aliphatic hydroxyl groups excluding tert-OH is 1. The molecule has 1 aromatic carbocycles. The zero-order valence-corrected chi connectivity index (χ0v) is 12.7. The Bertz CT molecular complexity index is 550. The molecule has 0 aliphatic carbocycles. The van der Waals surface area contributed by atoms with E-state index in [1.54, 1.807) is 11.3 Å². The van der Waals surface area contributed by atoms with E-state index in [-0.39, 0.29) is 0 Å². The Labute approximate surface area is 118 Å². The van der Waals surface area contributed by atoms with Crippen LogP contribution in [0.5, 0.6) is 0 Å². The molecule has 0 spiro atoms. The molecule has 4 heteroatoms. The van der Waals surface area contributed by atoms with Gasteiger partial charge < -0.3 is 5.11 Å². The van der Waals surface area contributed by atoms with Gasteiger partial charge in [-0.2, -0.15) is 0 Å². The van der Waals surface area contributed by atoms with E-state index < -0.39 is 6.10 Å². The Morgan fingerprint density at radius 3 is 2.53 bits per heavy atom. The van der Waals surface area contributed by atoms with Crippen LogP contribution in [0.3, 0.4) is 0 Å². The number of hydrogen-bond acceptors (Lipinski definition) is 2. The smallest absolute Gasteiger partial charge is 0.105 e. The average molecular weight is 332 g/mol. The minimum atomic E-state index is -0.615. The van der Waals surface area contributed by atoms with Crippen molar-refractivity contribution in [2.45, 2.75) is 20.0 Å². The van der Waals surface area contributed by atoms with Crippen LogP contribution in [0.15, 0.2) is 28.1 Å². The van der Waals surface area contributed by atoms with Gasteiger partial charge in [0.05, 0.1) is 3.79 Å². The minimum absolute atomic E-state index is 0.615. The lowest BCUT2D eigenvalue weighted by molar-refractivity contribution is 0.219. The first-order valence-corrected chi connectivity index (χ1v) is 7.17. The quantitative estimate of drug-likeness (QED) is 0.833. The topological polar surface area (TPSA) is 20.2 Å². The van der Waals surface area contributed by atoms with E-state index in [1.807, 2.05) is 38.1 Å². The Balaban J connectivity index is 2.46. The van der Waals surface area contributed by atoms with Crippen LogP contribution in [0.2, 0.25) is 5.02 Å². The normalized spacial score (nSPS) is 12.8. The second-order valence-corrected chi connectivity index (χ2v) is 7.04. The van der Waals surface area contributed by atoms with E-state index in [0.717, 1.165) is 25.4 Å². The number of halogens is 2. The highest BCUT2D eigenvalue weighted by atomic mass is 79.9. The van der Waals surface area contributed by atoms with Crippen molar-refractivity contribution >= 4 is 38.9 Å². The molecule has 0 fully saturated rings. The van der Waals surface area contributed by atoms with Crippen molar-refractivity contribution in [3.05, 3.63) is 54.6 Å². The molecule has 0 radical (unpaired) electrons. The van der Waals surface area contributed by atoms with Gasteiger partial charge in [0.2, 0.25) is 0 Å². The highest BCUT2D eigenvalue weighted by molar-refractivity contribution is 9.11. The molecule has 0 aliphatic rings. The van der Waals surface area contributed by atoms with Gasteiger partial charge in [-0.3, -0.25) is 0 Å². The Morgan fingerprint density at radius 1 is 1.24 bits per heavy atom. The summed E-state index contributed by atoms with van der Waals surface area (Å²) in [5.74, 6) is 0. The number of rotatable bonds is 2. The van der Waals surface area contributed by atoms with Crippen LogP contribution in [-0.4, -0.2) is 5.11 Å². The van der Waals surface area contributed by atoms with E-state index in [1.165, 1.54) is 0 Å². The van der Waals surface area contributed by atoms with Crippen LogP contribution < -0.4 is 0 Å². The largest absolute Gasteiger partial charge is 0.384 e. The first kappa shape index (κ1) is 13.1. The highest BCUT2D eigenvalue weighted by Crippen LogP contribution is 2.35. The van der Waals surface area contributed by atoms with Crippen LogP contribution in [0.25, 0.3) is 0 Å². The van der Waals surface area contributed by atoms with Crippen molar-refractivity contribution in [1.82, 2.24) is 0 Å². The molecule has 2 aromatic rings. The lowest BCUT2D eigenvalue weighted by atomic mass is 9.98. The summed E-state index contributed by atoms with van der Waals surface area (Å²) in [6, 6.07) is 7.55. The van der Waals surface area contributed by atoms with Crippen LogP contribution in [-0.2, 0) is 0 Å². The van der Waals surface area contributed by atoms with Crippen molar-refractivity contribution in [3.8, 4) is 0 Å². The summed E-state index contributed by atoms with van der Waals surface area (Å²) in [4.78, 5) is 1.11. The molecule has 1 unspecified atom stereocenters. The van der Waals surface area contributed by atoms with Gasteiger partial charge in [-0.1, -0.05) is 17.7 Å². The molecule has 1 N–H and O–H groups in total. The third-order valence-corrected chi connectivity index (χ3v) is 4.56. The molecule has 2 rings (SSSR count). The molecule has 0 saturated carbocycles. The summed E-state index contributed by atoms with van der Waals surface area (Å²) in [6.45, 7) is 3.99. The summed E-state index contributed by atoms with van der Waals surface area (Å²) in [5.41, 5.74) is 2.85. The van der Waals surface area contributed by atoms with Crippen molar-refractivity contribution in [2.24, 2.45) is 0 Å². The van der Waals surface area contributed by atoms with Crippen molar-refractivity contribution in [3.63, 3.8) is 0 Å². The Morgan fingerprint density at radius 2 is 1.94 bits per heavy atom. The first-order chi connectivity index (χ1) is 7.99. The summed E-state index contributed by atoms with van der Waals surface area (Å²) >= 11 is 11.0. The second kappa shape index (κ2) is 5.11. The molecule has 1 heterocycles. The Hall–Kier alpha value is -0.350. The molecule has 1 nitrogen and oxygen atoms in total. The molecular weight excluding hydrogens is 320 g/mol. The lowest BCUT2D eigenvalue weighted by Crippen LogP contribution is -2.02. The van der Waals surface area contributed by atoms with Gasteiger partial charge in [-0.05, 0) is 64.7 Å². The first-order valence-electron chi connectivity index (χ1n) is 5.19. The van der Waals surface area contributed by atoms with Gasteiger partial charge in [0.1, 0.15) is 6.10 Å². The maximum atomic E-state index is 10.4. The predicted octanol–water partition coefficient (Wildman–Crippen LogP) is 4.86. The SMILES string of the molecule is Cc1ccc(Cl)cc1C(O)c1cc(Br)sc1C. The molecule has 0 bridgehead atoms. The van der Waals surface area contributed by atoms with Gasteiger partial charge in [0.25, 0.3) is 0 Å². The number of benzene rings is 1. The van der Waals surface area contributed by atoms with Gasteiger partial charge in [-0.15, -0.1) is 11.3 Å². The predicted molar refractivity (Wildman–Crippen MR) is 77.0 cm³/mol. The van der Waals surface area contributed by atoms with E-state index in [9.17, 15) is 5.11 Å². The number of hydrogen-bond donors (Lipinski definition) is 1. The van der Waals surface area contributed by atoms with Crippen LogP contribution in [0.1, 0.15) is 27.7 Å². The third-order valence-electron chi connectivity index (χ3n) is 2.76. The molecule has 0 saturated heterocycles. The molecule has 0 aliphatic heterocycles. The fourth-order valence-electron chi connectivity index (χ4n) is 1.80. The van der Waals surface area contributed by atoms with Crippen LogP contribution >= 0.6 is 38.9 Å². The zero-order chi connectivity index (χ0) is 12.6. The van der Waals surface area contributed by atoms with E-state index >= 15 is 0 Å². The number of thiophene rings is 1. The molecule has 1 aromatic heterocycles. The van der Waals surface area contributed by atoms with Gasteiger partial charge in [0.15, 0.2) is 0 Å². The van der Waals surface area contributed by atoms with Gasteiger partial charge >= 0.3 is 0 Å². The zero-order valence-electron chi connectivity index (χ0n) is 9.50. The lowest BCUT2D eigenvalue weighted by Gasteiger charge is -2.14. The second-order valence-electron chi connectivity index (χ2n) is 3.97. The Kier molecular flexibility index (Phi) is 3.93.